The van der Waals surface area contributed by atoms with Crippen LogP contribution in [0.1, 0.15) is 30.4 Å². The third-order valence-electron chi connectivity index (χ3n) is 2.41. The first-order valence-electron chi connectivity index (χ1n) is 4.88. The average Bonchev–Trinajstić information content (AvgIpc) is 2.21. The van der Waals surface area contributed by atoms with Crippen LogP contribution < -0.4 is 0 Å². The molecule has 1 atom stereocenters. The van der Waals surface area contributed by atoms with Gasteiger partial charge in [-0.2, -0.15) is 5.26 Å². The fourth-order valence-electron chi connectivity index (χ4n) is 1.65. The minimum atomic E-state index is -0.831. The van der Waals surface area contributed by atoms with Gasteiger partial charge < -0.3 is 5.11 Å². The Hall–Kier alpha value is -1.82. The van der Waals surface area contributed by atoms with Gasteiger partial charge in [0.05, 0.1) is 18.4 Å². The van der Waals surface area contributed by atoms with Crippen molar-refractivity contribution >= 4 is 5.97 Å². The zero-order valence-electron chi connectivity index (χ0n) is 8.60. The molecule has 3 heteroatoms. The number of rotatable bonds is 4. The zero-order valence-corrected chi connectivity index (χ0v) is 8.60. The maximum absolute atomic E-state index is 11.0. The van der Waals surface area contributed by atoms with E-state index < -0.39 is 11.9 Å². The van der Waals surface area contributed by atoms with Crippen LogP contribution in [0.25, 0.3) is 0 Å². The number of carboxylic acids is 1. The molecule has 0 fully saturated rings. The number of hydrogen-bond acceptors (Lipinski definition) is 2. The van der Waals surface area contributed by atoms with Crippen molar-refractivity contribution in [3.05, 3.63) is 35.4 Å². The molecule has 3 nitrogen and oxygen atoms in total. The average molecular weight is 203 g/mol. The summed E-state index contributed by atoms with van der Waals surface area (Å²) in [6.07, 6.45) is 0.803. The molecule has 0 aliphatic carbocycles. The second-order valence-corrected chi connectivity index (χ2v) is 3.33. The Labute approximate surface area is 89.0 Å². The molecule has 0 saturated heterocycles. The van der Waals surface area contributed by atoms with E-state index in [0.29, 0.717) is 6.42 Å². The molecule has 1 aromatic rings. The molecule has 0 bridgehead atoms. The normalized spacial score (nSPS) is 11.7. The zero-order chi connectivity index (χ0) is 11.3. The van der Waals surface area contributed by atoms with Gasteiger partial charge in [0.15, 0.2) is 0 Å². The summed E-state index contributed by atoms with van der Waals surface area (Å²) in [6.45, 7) is 1.84. The highest BCUT2D eigenvalue weighted by Crippen LogP contribution is 2.23. The first-order valence-corrected chi connectivity index (χ1v) is 4.88. The molecule has 0 aromatic heterocycles. The topological polar surface area (TPSA) is 61.1 Å². The van der Waals surface area contributed by atoms with E-state index in [-0.39, 0.29) is 6.42 Å². The summed E-state index contributed by atoms with van der Waals surface area (Å²) in [6, 6.07) is 9.28. The molecule has 15 heavy (non-hydrogen) atoms. The van der Waals surface area contributed by atoms with Crippen LogP contribution in [-0.4, -0.2) is 11.1 Å². The van der Waals surface area contributed by atoms with Crippen LogP contribution in [0.4, 0.5) is 0 Å². The van der Waals surface area contributed by atoms with Crippen LogP contribution in [0, 0.1) is 11.3 Å². The number of carbonyl (C=O) groups is 1. The molecule has 0 radical (unpaired) electrons. The second-order valence-electron chi connectivity index (χ2n) is 3.33. The van der Waals surface area contributed by atoms with E-state index in [1.54, 1.807) is 6.07 Å². The van der Waals surface area contributed by atoms with Crippen molar-refractivity contribution in [2.24, 2.45) is 0 Å². The van der Waals surface area contributed by atoms with Gasteiger partial charge in [-0.3, -0.25) is 4.79 Å². The summed E-state index contributed by atoms with van der Waals surface area (Å²) in [5, 5.41) is 17.7. The number of nitrogens with zero attached hydrogens (tertiary/aromatic N) is 1. The Kier molecular flexibility index (Phi) is 3.87. The van der Waals surface area contributed by atoms with Crippen molar-refractivity contribution in [1.29, 1.82) is 5.26 Å². The van der Waals surface area contributed by atoms with Crippen molar-refractivity contribution < 1.29 is 9.90 Å². The molecule has 78 valence electrons. The van der Waals surface area contributed by atoms with Gasteiger partial charge >= 0.3 is 5.97 Å². The van der Waals surface area contributed by atoms with E-state index in [4.69, 9.17) is 10.4 Å². The van der Waals surface area contributed by atoms with Crippen molar-refractivity contribution in [3.63, 3.8) is 0 Å². The largest absolute Gasteiger partial charge is 0.481 e. The molecule has 1 rings (SSSR count). The monoisotopic (exact) mass is 203 g/mol. The molecule has 0 saturated carbocycles. The van der Waals surface area contributed by atoms with E-state index in [2.05, 4.69) is 0 Å². The lowest BCUT2D eigenvalue weighted by molar-refractivity contribution is -0.138. The Morgan fingerprint density at radius 1 is 1.53 bits per heavy atom. The summed E-state index contributed by atoms with van der Waals surface area (Å²) in [5.74, 6) is -1.34. The Balaban J connectivity index is 3.11. The number of nitriles is 1. The maximum atomic E-state index is 11.0. The predicted octanol–water partition coefficient (Wildman–Crippen LogP) is 2.33. The number of hydrogen-bond donors (Lipinski definition) is 1. The van der Waals surface area contributed by atoms with Gasteiger partial charge in [-0.15, -0.1) is 0 Å². The van der Waals surface area contributed by atoms with Gasteiger partial charge in [-0.25, -0.2) is 0 Å². The van der Waals surface area contributed by atoms with Gasteiger partial charge in [0.1, 0.15) is 0 Å². The molecule has 0 aliphatic heterocycles. The fraction of sp³-hybridized carbons (Fsp3) is 0.333. The highest BCUT2D eigenvalue weighted by molar-refractivity contribution is 5.76. The van der Waals surface area contributed by atoms with E-state index in [1.807, 2.05) is 31.2 Å². The second kappa shape index (κ2) is 5.16. The van der Waals surface area contributed by atoms with Crippen molar-refractivity contribution in [2.75, 3.05) is 0 Å². The van der Waals surface area contributed by atoms with E-state index >= 15 is 0 Å². The van der Waals surface area contributed by atoms with Crippen LogP contribution in [0.5, 0.6) is 0 Å². The predicted molar refractivity (Wildman–Crippen MR) is 56.4 cm³/mol. The number of benzene rings is 1. The molecule has 0 spiro atoms. The van der Waals surface area contributed by atoms with Gasteiger partial charge in [-0.1, -0.05) is 31.2 Å². The SMILES string of the molecule is CCC(C(=O)O)c1ccccc1CC#N. The maximum Gasteiger partial charge on any atom is 0.310 e. The van der Waals surface area contributed by atoms with Crippen molar-refractivity contribution in [3.8, 4) is 6.07 Å². The van der Waals surface area contributed by atoms with Crippen LogP contribution in [-0.2, 0) is 11.2 Å². The third-order valence-corrected chi connectivity index (χ3v) is 2.41. The number of aliphatic carboxylic acids is 1. The van der Waals surface area contributed by atoms with Gasteiger partial charge in [-0.05, 0) is 17.5 Å². The minimum Gasteiger partial charge on any atom is -0.481 e. The van der Waals surface area contributed by atoms with Crippen molar-refractivity contribution in [1.82, 2.24) is 0 Å². The van der Waals surface area contributed by atoms with Crippen LogP contribution in [0.15, 0.2) is 24.3 Å². The molecule has 1 unspecified atom stereocenters. The lowest BCUT2D eigenvalue weighted by atomic mass is 9.91. The lowest BCUT2D eigenvalue weighted by Gasteiger charge is -2.13. The highest BCUT2D eigenvalue weighted by atomic mass is 16.4. The minimum absolute atomic E-state index is 0.264. The summed E-state index contributed by atoms with van der Waals surface area (Å²) in [5.41, 5.74) is 1.57. The van der Waals surface area contributed by atoms with Crippen molar-refractivity contribution in [2.45, 2.75) is 25.7 Å². The van der Waals surface area contributed by atoms with Gasteiger partial charge in [0.2, 0.25) is 0 Å². The summed E-state index contributed by atoms with van der Waals surface area (Å²) in [4.78, 5) is 11.0. The smallest absolute Gasteiger partial charge is 0.310 e. The quantitative estimate of drug-likeness (QED) is 0.816. The van der Waals surface area contributed by atoms with E-state index in [0.717, 1.165) is 11.1 Å². The standard InChI is InChI=1S/C12H13NO2/c1-2-10(12(14)15)11-6-4-3-5-9(11)7-8-13/h3-6,10H,2,7H2,1H3,(H,14,15). The molecule has 0 aliphatic rings. The van der Waals surface area contributed by atoms with Crippen LogP contribution >= 0.6 is 0 Å². The fourth-order valence-corrected chi connectivity index (χ4v) is 1.65. The van der Waals surface area contributed by atoms with E-state index in [1.165, 1.54) is 0 Å². The summed E-state index contributed by atoms with van der Waals surface area (Å²) in [7, 11) is 0. The number of carboxylic acid groups (broad SMARTS) is 1. The molecular formula is C12H13NO2. The van der Waals surface area contributed by atoms with E-state index in [9.17, 15) is 4.79 Å². The lowest BCUT2D eigenvalue weighted by Crippen LogP contribution is -2.12. The van der Waals surface area contributed by atoms with Gasteiger partial charge in [0, 0.05) is 0 Å². The highest BCUT2D eigenvalue weighted by Gasteiger charge is 2.19. The Morgan fingerprint density at radius 3 is 2.73 bits per heavy atom. The summed E-state index contributed by atoms with van der Waals surface area (Å²) >= 11 is 0. The summed E-state index contributed by atoms with van der Waals surface area (Å²) < 4.78 is 0. The molecule has 0 amide bonds. The van der Waals surface area contributed by atoms with Crippen LogP contribution in [0.3, 0.4) is 0 Å². The first-order chi connectivity index (χ1) is 7.20. The van der Waals surface area contributed by atoms with Gasteiger partial charge in [0.25, 0.3) is 0 Å². The molecule has 0 heterocycles. The Morgan fingerprint density at radius 2 is 2.20 bits per heavy atom. The molecule has 1 N–H and O–H groups in total. The first kappa shape index (κ1) is 11.3. The van der Waals surface area contributed by atoms with Crippen LogP contribution in [0.2, 0.25) is 0 Å². The molecular weight excluding hydrogens is 190 g/mol. The Bertz CT molecular complexity index is 393. The molecule has 1 aromatic carbocycles. The third kappa shape index (κ3) is 2.57.